The quantitative estimate of drug-likeness (QED) is 0.891. The van der Waals surface area contributed by atoms with Gasteiger partial charge in [-0.2, -0.15) is 0 Å². The Balaban J connectivity index is 1.59. The Kier molecular flexibility index (Phi) is 5.60. The summed E-state index contributed by atoms with van der Waals surface area (Å²) in [6.07, 6.45) is 1.13. The van der Waals surface area contributed by atoms with Crippen LogP contribution < -0.4 is 5.73 Å². The molecule has 1 aromatic rings. The first-order valence-electron chi connectivity index (χ1n) is 7.91. The van der Waals surface area contributed by atoms with Crippen LogP contribution in [0.1, 0.15) is 23.6 Å². The number of benzene rings is 1. The Morgan fingerprint density at radius 3 is 2.68 bits per heavy atom. The van der Waals surface area contributed by atoms with E-state index in [1.54, 1.807) is 0 Å². The number of ether oxygens (including phenoxy) is 1. The van der Waals surface area contributed by atoms with Gasteiger partial charge < -0.3 is 10.5 Å². The number of rotatable bonds is 5. The average molecular weight is 344 g/mol. The maximum atomic E-state index is 6.34. The van der Waals surface area contributed by atoms with E-state index in [0.717, 1.165) is 57.4 Å². The van der Waals surface area contributed by atoms with Crippen molar-refractivity contribution in [2.45, 2.75) is 19.0 Å². The summed E-state index contributed by atoms with van der Waals surface area (Å²) in [7, 11) is 0. The highest BCUT2D eigenvalue weighted by Gasteiger charge is 2.30. The molecule has 4 nitrogen and oxygen atoms in total. The summed E-state index contributed by atoms with van der Waals surface area (Å²) < 4.78 is 5.38. The molecule has 0 saturated carbocycles. The zero-order valence-corrected chi connectivity index (χ0v) is 14.2. The molecule has 1 aromatic carbocycles. The molecule has 1 unspecified atom stereocenters. The van der Waals surface area contributed by atoms with Gasteiger partial charge in [-0.25, -0.2) is 0 Å². The molecular formula is C16H23Cl2N3O. The lowest BCUT2D eigenvalue weighted by atomic mass is 10.0. The van der Waals surface area contributed by atoms with Crippen molar-refractivity contribution in [2.24, 2.45) is 5.73 Å². The molecule has 1 atom stereocenters. The first kappa shape index (κ1) is 16.5. The summed E-state index contributed by atoms with van der Waals surface area (Å²) in [5.41, 5.74) is 8.39. The Morgan fingerprint density at radius 2 is 1.95 bits per heavy atom. The Hall–Kier alpha value is -0.360. The Labute approximate surface area is 142 Å². The highest BCUT2D eigenvalue weighted by molar-refractivity contribution is 6.35. The van der Waals surface area contributed by atoms with E-state index >= 15 is 0 Å². The van der Waals surface area contributed by atoms with Gasteiger partial charge in [-0.1, -0.05) is 23.2 Å². The summed E-state index contributed by atoms with van der Waals surface area (Å²) >= 11 is 12.5. The van der Waals surface area contributed by atoms with Gasteiger partial charge >= 0.3 is 0 Å². The molecule has 2 aliphatic rings. The molecule has 0 radical (unpaired) electrons. The van der Waals surface area contributed by atoms with Crippen LogP contribution in [0.5, 0.6) is 0 Å². The van der Waals surface area contributed by atoms with E-state index in [-0.39, 0.29) is 6.04 Å². The fourth-order valence-corrected chi connectivity index (χ4v) is 4.00. The number of hydrogen-bond acceptors (Lipinski definition) is 4. The molecule has 0 spiro atoms. The van der Waals surface area contributed by atoms with Crippen LogP contribution in [-0.4, -0.2) is 55.7 Å². The second kappa shape index (κ2) is 7.47. The predicted octanol–water partition coefficient (Wildman–Crippen LogP) is 2.53. The third kappa shape index (κ3) is 3.58. The maximum absolute atomic E-state index is 6.34. The summed E-state index contributed by atoms with van der Waals surface area (Å²) in [6, 6.07) is 4.07. The molecule has 122 valence electrons. The van der Waals surface area contributed by atoms with Gasteiger partial charge in [0, 0.05) is 48.8 Å². The summed E-state index contributed by atoms with van der Waals surface area (Å²) in [5.74, 6) is 0. The van der Waals surface area contributed by atoms with Gasteiger partial charge in [0.05, 0.1) is 13.2 Å². The lowest BCUT2D eigenvalue weighted by Crippen LogP contribution is -2.38. The summed E-state index contributed by atoms with van der Waals surface area (Å²) in [4.78, 5) is 4.89. The van der Waals surface area contributed by atoms with E-state index in [9.17, 15) is 0 Å². The van der Waals surface area contributed by atoms with E-state index in [1.165, 1.54) is 11.1 Å². The molecule has 1 fully saturated rings. The largest absolute Gasteiger partial charge is 0.379 e. The lowest BCUT2D eigenvalue weighted by Gasteiger charge is -2.28. The maximum Gasteiger partial charge on any atom is 0.0594 e. The fraction of sp³-hybridized carbons (Fsp3) is 0.625. The van der Waals surface area contributed by atoms with Crippen LogP contribution in [0, 0.1) is 0 Å². The van der Waals surface area contributed by atoms with Gasteiger partial charge in [-0.05, 0) is 36.2 Å². The second-order valence-corrected chi connectivity index (χ2v) is 6.83. The normalized spacial score (nSPS) is 23.0. The number of halogens is 2. The molecule has 2 N–H and O–H groups in total. The number of fused-ring (bicyclic) bond motifs is 1. The van der Waals surface area contributed by atoms with Crippen LogP contribution in [0.15, 0.2) is 12.1 Å². The zero-order chi connectivity index (χ0) is 15.5. The molecule has 22 heavy (non-hydrogen) atoms. The highest BCUT2D eigenvalue weighted by Crippen LogP contribution is 2.38. The van der Waals surface area contributed by atoms with Gasteiger partial charge in [0.1, 0.15) is 0 Å². The smallest absolute Gasteiger partial charge is 0.0594 e. The number of nitrogens with zero attached hydrogens (tertiary/aromatic N) is 2. The van der Waals surface area contributed by atoms with Crippen molar-refractivity contribution in [2.75, 3.05) is 45.9 Å². The second-order valence-electron chi connectivity index (χ2n) is 5.98. The minimum atomic E-state index is 0.232. The fourth-order valence-electron chi connectivity index (χ4n) is 3.43. The summed E-state index contributed by atoms with van der Waals surface area (Å²) in [5, 5.41) is 1.45. The number of nitrogens with two attached hydrogens (primary N) is 1. The van der Waals surface area contributed by atoms with Crippen molar-refractivity contribution in [3.05, 3.63) is 33.3 Å². The van der Waals surface area contributed by atoms with E-state index in [0.29, 0.717) is 11.6 Å². The predicted molar refractivity (Wildman–Crippen MR) is 90.5 cm³/mol. The SMILES string of the molecule is NCC1c2cc(Cl)cc(Cl)c2CN1CCCN1CCOCC1. The van der Waals surface area contributed by atoms with Gasteiger partial charge in [-0.3, -0.25) is 9.80 Å². The number of morpholine rings is 1. The van der Waals surface area contributed by atoms with Crippen LogP contribution in [-0.2, 0) is 11.3 Å². The Morgan fingerprint density at radius 1 is 1.18 bits per heavy atom. The molecule has 6 heteroatoms. The first-order chi connectivity index (χ1) is 10.7. The van der Waals surface area contributed by atoms with Crippen molar-refractivity contribution < 1.29 is 4.74 Å². The topological polar surface area (TPSA) is 41.7 Å². The highest BCUT2D eigenvalue weighted by atomic mass is 35.5. The molecule has 0 bridgehead atoms. The first-order valence-corrected chi connectivity index (χ1v) is 8.66. The van der Waals surface area contributed by atoms with Crippen molar-refractivity contribution in [3.8, 4) is 0 Å². The lowest BCUT2D eigenvalue weighted by molar-refractivity contribution is 0.0355. The van der Waals surface area contributed by atoms with Crippen LogP contribution in [0.4, 0.5) is 0 Å². The standard InChI is InChI=1S/C16H23Cl2N3O/c17-12-8-13-14(15(18)9-12)11-21(16(13)10-19)3-1-2-20-4-6-22-7-5-20/h8-9,16H,1-7,10-11,19H2. The third-order valence-corrected chi connectivity index (χ3v) is 5.16. The van der Waals surface area contributed by atoms with Crippen LogP contribution >= 0.6 is 23.2 Å². The van der Waals surface area contributed by atoms with Crippen LogP contribution in [0.25, 0.3) is 0 Å². The molecular weight excluding hydrogens is 321 g/mol. The van der Waals surface area contributed by atoms with Gasteiger partial charge in [0.2, 0.25) is 0 Å². The van der Waals surface area contributed by atoms with Crippen LogP contribution in [0.3, 0.4) is 0 Å². The molecule has 0 aromatic heterocycles. The van der Waals surface area contributed by atoms with Gasteiger partial charge in [0.25, 0.3) is 0 Å². The number of hydrogen-bond donors (Lipinski definition) is 1. The molecule has 0 aliphatic carbocycles. The van der Waals surface area contributed by atoms with Gasteiger partial charge in [0.15, 0.2) is 0 Å². The van der Waals surface area contributed by atoms with Crippen molar-refractivity contribution in [1.82, 2.24) is 9.80 Å². The van der Waals surface area contributed by atoms with E-state index in [1.807, 2.05) is 12.1 Å². The minimum absolute atomic E-state index is 0.232. The van der Waals surface area contributed by atoms with Crippen LogP contribution in [0.2, 0.25) is 10.0 Å². The monoisotopic (exact) mass is 343 g/mol. The Bertz CT molecular complexity index is 520. The minimum Gasteiger partial charge on any atom is -0.379 e. The average Bonchev–Trinajstić information content (AvgIpc) is 2.86. The molecule has 2 heterocycles. The molecule has 2 aliphatic heterocycles. The molecule has 3 rings (SSSR count). The van der Waals surface area contributed by atoms with E-state index < -0.39 is 0 Å². The van der Waals surface area contributed by atoms with E-state index in [4.69, 9.17) is 33.7 Å². The molecule has 1 saturated heterocycles. The van der Waals surface area contributed by atoms with Gasteiger partial charge in [-0.15, -0.1) is 0 Å². The zero-order valence-electron chi connectivity index (χ0n) is 12.7. The third-order valence-electron chi connectivity index (χ3n) is 4.60. The molecule has 0 amide bonds. The van der Waals surface area contributed by atoms with Crippen molar-refractivity contribution in [3.63, 3.8) is 0 Å². The van der Waals surface area contributed by atoms with Crippen molar-refractivity contribution in [1.29, 1.82) is 0 Å². The van der Waals surface area contributed by atoms with E-state index in [2.05, 4.69) is 9.80 Å². The summed E-state index contributed by atoms with van der Waals surface area (Å²) in [6.45, 7) is 7.41. The van der Waals surface area contributed by atoms with Crippen molar-refractivity contribution >= 4 is 23.2 Å².